The van der Waals surface area contributed by atoms with Crippen molar-refractivity contribution in [3.05, 3.63) is 71.4 Å². The summed E-state index contributed by atoms with van der Waals surface area (Å²) < 4.78 is 46.3. The van der Waals surface area contributed by atoms with Gasteiger partial charge in [0, 0.05) is 24.2 Å². The lowest BCUT2D eigenvalue weighted by atomic mass is 9.94. The molecule has 1 aliphatic heterocycles. The predicted molar refractivity (Wildman–Crippen MR) is 153 cm³/mol. The predicted octanol–water partition coefficient (Wildman–Crippen LogP) is 5.30. The number of pyridine rings is 1. The lowest BCUT2D eigenvalue weighted by Crippen LogP contribution is -2.31. The molecule has 212 valence electrons. The van der Waals surface area contributed by atoms with E-state index >= 15 is 0 Å². The Kier molecular flexibility index (Phi) is 7.00. The molecule has 0 radical (unpaired) electrons. The van der Waals surface area contributed by atoms with Gasteiger partial charge in [-0.2, -0.15) is 13.5 Å². The number of carbonyl (C=O) groups excluding carboxylic acids is 1. The summed E-state index contributed by atoms with van der Waals surface area (Å²) in [6.45, 7) is 7.17. The average Bonchev–Trinajstić information content (AvgIpc) is 3.64. The molecule has 1 aliphatic rings. The normalized spacial score (nSPS) is 15.3. The van der Waals surface area contributed by atoms with Gasteiger partial charge in [0.05, 0.1) is 28.8 Å². The zero-order valence-electron chi connectivity index (χ0n) is 22.9. The Morgan fingerprint density at radius 3 is 2.63 bits per heavy atom. The SMILES string of the molecule is Cc1c(-c2cc(C(=O)NS(=O)(=O)c3ccn[nH]3)c3c(OC(C)C4CCOCC4)ccc(C)c3n2)oc2ccccc12. The number of H-pyrrole nitrogens is 1. The van der Waals surface area contributed by atoms with Crippen LogP contribution in [0.1, 0.15) is 41.3 Å². The van der Waals surface area contributed by atoms with E-state index < -0.39 is 15.9 Å². The fourth-order valence-corrected chi connectivity index (χ4v) is 6.24. The molecule has 11 heteroatoms. The number of rotatable bonds is 7. The molecule has 1 fully saturated rings. The van der Waals surface area contributed by atoms with Gasteiger partial charge >= 0.3 is 0 Å². The van der Waals surface area contributed by atoms with Crippen LogP contribution in [0.3, 0.4) is 0 Å². The number of aryl methyl sites for hydroxylation is 2. The molecule has 1 unspecified atom stereocenters. The molecule has 1 amide bonds. The number of para-hydroxylation sites is 1. The minimum Gasteiger partial charge on any atom is -0.490 e. The summed E-state index contributed by atoms with van der Waals surface area (Å²) in [6.07, 6.45) is 2.88. The summed E-state index contributed by atoms with van der Waals surface area (Å²) in [5.74, 6) is 0.411. The van der Waals surface area contributed by atoms with Crippen LogP contribution >= 0.6 is 0 Å². The van der Waals surface area contributed by atoms with E-state index in [0.717, 1.165) is 29.4 Å². The van der Waals surface area contributed by atoms with E-state index in [0.29, 0.717) is 46.9 Å². The lowest BCUT2D eigenvalue weighted by Gasteiger charge is -2.29. The highest BCUT2D eigenvalue weighted by atomic mass is 32.2. The number of hydrogen-bond donors (Lipinski definition) is 2. The van der Waals surface area contributed by atoms with Crippen LogP contribution in [-0.4, -0.2) is 48.8 Å². The number of carbonyl (C=O) groups is 1. The van der Waals surface area contributed by atoms with E-state index in [2.05, 4.69) is 14.9 Å². The molecule has 0 saturated carbocycles. The second-order valence-electron chi connectivity index (χ2n) is 10.3. The van der Waals surface area contributed by atoms with Crippen molar-refractivity contribution in [1.29, 1.82) is 0 Å². The van der Waals surface area contributed by atoms with Gasteiger partial charge in [0.2, 0.25) is 0 Å². The fourth-order valence-electron chi connectivity index (χ4n) is 5.36. The van der Waals surface area contributed by atoms with Crippen LogP contribution in [-0.2, 0) is 14.8 Å². The van der Waals surface area contributed by atoms with E-state index in [4.69, 9.17) is 18.9 Å². The molecule has 0 aliphatic carbocycles. The smallest absolute Gasteiger partial charge is 0.281 e. The van der Waals surface area contributed by atoms with Crippen LogP contribution in [0.25, 0.3) is 33.3 Å². The number of furan rings is 1. The Labute approximate surface area is 237 Å². The maximum atomic E-state index is 13.8. The number of fused-ring (bicyclic) bond motifs is 2. The molecule has 2 aromatic carbocycles. The van der Waals surface area contributed by atoms with Gasteiger partial charge in [0.25, 0.3) is 15.9 Å². The summed E-state index contributed by atoms with van der Waals surface area (Å²) in [5.41, 5.74) is 3.38. The van der Waals surface area contributed by atoms with Crippen LogP contribution in [0.2, 0.25) is 0 Å². The molecule has 6 rings (SSSR count). The molecule has 0 bridgehead atoms. The number of sulfonamides is 1. The third-order valence-electron chi connectivity index (χ3n) is 7.68. The van der Waals surface area contributed by atoms with Crippen LogP contribution in [0.15, 0.2) is 64.2 Å². The van der Waals surface area contributed by atoms with Crippen molar-refractivity contribution >= 4 is 37.8 Å². The molecule has 0 spiro atoms. The average molecular weight is 575 g/mol. The van der Waals surface area contributed by atoms with Crippen LogP contribution in [0, 0.1) is 19.8 Å². The summed E-state index contributed by atoms with van der Waals surface area (Å²) >= 11 is 0. The maximum absolute atomic E-state index is 13.8. The zero-order chi connectivity index (χ0) is 28.7. The highest BCUT2D eigenvalue weighted by Crippen LogP contribution is 2.38. The Hall–Kier alpha value is -4.22. The monoisotopic (exact) mass is 574 g/mol. The van der Waals surface area contributed by atoms with Crippen molar-refractivity contribution in [2.75, 3.05) is 13.2 Å². The van der Waals surface area contributed by atoms with Crippen molar-refractivity contribution in [1.82, 2.24) is 19.9 Å². The van der Waals surface area contributed by atoms with Crippen molar-refractivity contribution in [3.63, 3.8) is 0 Å². The third kappa shape index (κ3) is 5.07. The van der Waals surface area contributed by atoms with Gasteiger partial charge in [0.15, 0.2) is 10.8 Å². The first-order valence-corrected chi connectivity index (χ1v) is 14.9. The Morgan fingerprint density at radius 1 is 1.12 bits per heavy atom. The van der Waals surface area contributed by atoms with E-state index in [1.165, 1.54) is 12.3 Å². The lowest BCUT2D eigenvalue weighted by molar-refractivity contribution is 0.0243. The van der Waals surface area contributed by atoms with Crippen molar-refractivity contribution in [2.45, 2.75) is 44.7 Å². The first kappa shape index (κ1) is 27.0. The van der Waals surface area contributed by atoms with Gasteiger partial charge in [-0.3, -0.25) is 9.89 Å². The number of aromatic nitrogens is 3. The van der Waals surface area contributed by atoms with Crippen LogP contribution in [0.4, 0.5) is 0 Å². The highest BCUT2D eigenvalue weighted by Gasteiger charge is 2.28. The van der Waals surface area contributed by atoms with Gasteiger partial charge < -0.3 is 13.9 Å². The Morgan fingerprint density at radius 2 is 1.90 bits per heavy atom. The van der Waals surface area contributed by atoms with Crippen molar-refractivity contribution in [2.24, 2.45) is 5.92 Å². The molecule has 1 atom stereocenters. The number of benzene rings is 2. The molecule has 1 saturated heterocycles. The van der Waals surface area contributed by atoms with E-state index in [-0.39, 0.29) is 22.6 Å². The van der Waals surface area contributed by atoms with Gasteiger partial charge in [-0.25, -0.2) is 9.71 Å². The summed E-state index contributed by atoms with van der Waals surface area (Å²) in [5, 5.41) is 7.23. The first-order valence-electron chi connectivity index (χ1n) is 13.5. The standard InChI is InChI=1S/C30H30N4O6S/c1-17-8-9-25(39-19(3)20-11-14-38-15-12-20)27-22(30(35)34-41(36,37)26-10-13-31-33-26)16-23(32-28(17)27)29-18(2)21-6-4-5-7-24(21)40-29/h4-10,13,16,19-20H,11-12,14-15H2,1-3H3,(H,31,33)(H,34,35). The zero-order valence-corrected chi connectivity index (χ0v) is 23.7. The van der Waals surface area contributed by atoms with Gasteiger partial charge in [0.1, 0.15) is 17.0 Å². The third-order valence-corrected chi connectivity index (χ3v) is 8.94. The number of nitrogens with one attached hydrogen (secondary N) is 2. The minimum atomic E-state index is -4.22. The molecule has 10 nitrogen and oxygen atoms in total. The quantitative estimate of drug-likeness (QED) is 0.267. The molecule has 3 aromatic heterocycles. The van der Waals surface area contributed by atoms with Crippen molar-refractivity contribution < 1.29 is 27.1 Å². The number of ether oxygens (including phenoxy) is 2. The molecule has 41 heavy (non-hydrogen) atoms. The fraction of sp³-hybridized carbons (Fsp3) is 0.300. The van der Waals surface area contributed by atoms with Crippen LogP contribution in [0.5, 0.6) is 5.75 Å². The Bertz CT molecular complexity index is 1860. The van der Waals surface area contributed by atoms with E-state index in [9.17, 15) is 13.2 Å². The second kappa shape index (κ2) is 10.6. The topological polar surface area (TPSA) is 136 Å². The number of nitrogens with zero attached hydrogens (tertiary/aromatic N) is 2. The summed E-state index contributed by atoms with van der Waals surface area (Å²) in [4.78, 5) is 18.7. The highest BCUT2D eigenvalue weighted by molar-refractivity contribution is 7.90. The van der Waals surface area contributed by atoms with Crippen molar-refractivity contribution in [3.8, 4) is 17.2 Å². The molecule has 4 heterocycles. The Balaban J connectivity index is 1.52. The maximum Gasteiger partial charge on any atom is 0.281 e. The largest absolute Gasteiger partial charge is 0.490 e. The molecular formula is C30H30N4O6S. The minimum absolute atomic E-state index is 0.103. The molecular weight excluding hydrogens is 544 g/mol. The van der Waals surface area contributed by atoms with Gasteiger partial charge in [-0.05, 0) is 69.4 Å². The van der Waals surface area contributed by atoms with Gasteiger partial charge in [-0.15, -0.1) is 0 Å². The number of aromatic amines is 1. The number of hydrogen-bond acceptors (Lipinski definition) is 8. The first-order chi connectivity index (χ1) is 19.7. The van der Waals surface area contributed by atoms with E-state index in [1.54, 1.807) is 6.07 Å². The van der Waals surface area contributed by atoms with Gasteiger partial charge in [-0.1, -0.05) is 24.3 Å². The summed E-state index contributed by atoms with van der Waals surface area (Å²) in [7, 11) is -4.22. The summed E-state index contributed by atoms with van der Waals surface area (Å²) in [6, 6.07) is 14.2. The van der Waals surface area contributed by atoms with Crippen LogP contribution < -0.4 is 9.46 Å². The molecule has 5 aromatic rings. The number of amides is 1. The van der Waals surface area contributed by atoms with E-state index in [1.807, 2.05) is 57.2 Å². The molecule has 2 N–H and O–H groups in total. The second-order valence-corrected chi connectivity index (χ2v) is 12.0.